The van der Waals surface area contributed by atoms with E-state index >= 15 is 0 Å². The number of aryl methyl sites for hydroxylation is 1. The van der Waals surface area contributed by atoms with Crippen LogP contribution in [0.2, 0.25) is 0 Å². The lowest BCUT2D eigenvalue weighted by Crippen LogP contribution is -2.54. The summed E-state index contributed by atoms with van der Waals surface area (Å²) in [7, 11) is 0. The van der Waals surface area contributed by atoms with E-state index in [1.165, 1.54) is 43.8 Å². The minimum absolute atomic E-state index is 0.686. The van der Waals surface area contributed by atoms with Crippen LogP contribution in [0.25, 0.3) is 0 Å². The fourth-order valence-corrected chi connectivity index (χ4v) is 4.04. The van der Waals surface area contributed by atoms with Crippen molar-refractivity contribution < 1.29 is 0 Å². The molecule has 0 bridgehead atoms. The molecule has 100 valence electrons. The summed E-state index contributed by atoms with van der Waals surface area (Å²) in [5.41, 5.74) is 0. The monoisotopic (exact) mass is 264 g/mol. The normalized spacial score (nSPS) is 27.3. The largest absolute Gasteiger partial charge is 0.311 e. The molecule has 3 heteroatoms. The van der Waals surface area contributed by atoms with Gasteiger partial charge in [0.15, 0.2) is 0 Å². The summed E-state index contributed by atoms with van der Waals surface area (Å²) in [6.07, 6.45) is 4.11. The van der Waals surface area contributed by atoms with Gasteiger partial charge in [-0.3, -0.25) is 4.90 Å². The van der Waals surface area contributed by atoms with Crippen LogP contribution in [0.3, 0.4) is 0 Å². The molecule has 0 amide bonds. The van der Waals surface area contributed by atoms with Crippen molar-refractivity contribution in [2.45, 2.75) is 45.2 Å². The molecule has 0 spiro atoms. The third kappa shape index (κ3) is 2.95. The second-order valence-electron chi connectivity index (χ2n) is 5.96. The van der Waals surface area contributed by atoms with E-state index in [1.807, 2.05) is 11.3 Å². The number of thiophene rings is 1. The minimum Gasteiger partial charge on any atom is -0.311 e. The Hall–Kier alpha value is -0.380. The van der Waals surface area contributed by atoms with Gasteiger partial charge in [-0.15, -0.1) is 11.3 Å². The number of piperazine rings is 1. The molecule has 0 aromatic carbocycles. The zero-order valence-electron chi connectivity index (χ0n) is 11.5. The molecule has 1 aromatic heterocycles. The molecule has 2 unspecified atom stereocenters. The molecule has 1 aliphatic carbocycles. The van der Waals surface area contributed by atoms with Gasteiger partial charge in [-0.1, -0.05) is 0 Å². The number of nitrogens with zero attached hydrogens (tertiary/aromatic N) is 1. The van der Waals surface area contributed by atoms with Gasteiger partial charge in [0.1, 0.15) is 0 Å². The van der Waals surface area contributed by atoms with Crippen molar-refractivity contribution >= 4 is 11.3 Å². The summed E-state index contributed by atoms with van der Waals surface area (Å²) < 4.78 is 0. The van der Waals surface area contributed by atoms with Crippen LogP contribution >= 0.6 is 11.3 Å². The SMILES string of the molecule is Cc1ccc(CC(C)N2CCNC(C3CC3)C2)s1. The van der Waals surface area contributed by atoms with Gasteiger partial charge in [-0.05, 0) is 51.2 Å². The topological polar surface area (TPSA) is 15.3 Å². The van der Waals surface area contributed by atoms with Crippen molar-refractivity contribution in [2.75, 3.05) is 19.6 Å². The molecule has 1 saturated heterocycles. The minimum atomic E-state index is 0.686. The molecule has 2 atom stereocenters. The molecule has 2 heterocycles. The van der Waals surface area contributed by atoms with Crippen molar-refractivity contribution in [2.24, 2.45) is 5.92 Å². The standard InChI is InChI=1S/C15H24N2S/c1-11(9-14-6-3-12(2)18-14)17-8-7-16-15(10-17)13-4-5-13/h3,6,11,13,15-16H,4-5,7-10H2,1-2H3. The van der Waals surface area contributed by atoms with Crippen LogP contribution in [0, 0.1) is 12.8 Å². The summed E-state index contributed by atoms with van der Waals surface area (Å²) in [5, 5.41) is 3.69. The van der Waals surface area contributed by atoms with Crippen molar-refractivity contribution in [3.05, 3.63) is 21.9 Å². The highest BCUT2D eigenvalue weighted by Crippen LogP contribution is 2.34. The van der Waals surface area contributed by atoms with Crippen LogP contribution in [0.1, 0.15) is 29.5 Å². The fraction of sp³-hybridized carbons (Fsp3) is 0.733. The van der Waals surface area contributed by atoms with E-state index in [-0.39, 0.29) is 0 Å². The smallest absolute Gasteiger partial charge is 0.0223 e. The van der Waals surface area contributed by atoms with E-state index < -0.39 is 0 Å². The lowest BCUT2D eigenvalue weighted by molar-refractivity contribution is 0.144. The second kappa shape index (κ2) is 5.32. The maximum absolute atomic E-state index is 3.69. The Kier molecular flexibility index (Phi) is 3.73. The van der Waals surface area contributed by atoms with Crippen molar-refractivity contribution in [3.63, 3.8) is 0 Å². The summed E-state index contributed by atoms with van der Waals surface area (Å²) >= 11 is 1.96. The molecule has 2 aliphatic rings. The van der Waals surface area contributed by atoms with E-state index in [1.54, 1.807) is 4.88 Å². The maximum Gasteiger partial charge on any atom is 0.0223 e. The van der Waals surface area contributed by atoms with Gasteiger partial charge in [0, 0.05) is 41.5 Å². The third-order valence-electron chi connectivity index (χ3n) is 4.34. The van der Waals surface area contributed by atoms with Crippen molar-refractivity contribution in [1.82, 2.24) is 10.2 Å². The number of rotatable bonds is 4. The molecule has 1 saturated carbocycles. The lowest BCUT2D eigenvalue weighted by Gasteiger charge is -2.37. The Bertz CT molecular complexity index is 397. The Morgan fingerprint density at radius 1 is 1.44 bits per heavy atom. The summed E-state index contributed by atoms with van der Waals surface area (Å²) in [4.78, 5) is 5.67. The van der Waals surface area contributed by atoms with E-state index in [0.29, 0.717) is 6.04 Å². The molecule has 2 nitrogen and oxygen atoms in total. The van der Waals surface area contributed by atoms with E-state index in [2.05, 4.69) is 36.2 Å². The van der Waals surface area contributed by atoms with E-state index in [0.717, 1.165) is 12.0 Å². The summed E-state index contributed by atoms with van der Waals surface area (Å²) in [6, 6.07) is 6.01. The van der Waals surface area contributed by atoms with Gasteiger partial charge < -0.3 is 5.32 Å². The predicted molar refractivity (Wildman–Crippen MR) is 78.3 cm³/mol. The van der Waals surface area contributed by atoms with Crippen LogP contribution in [0.5, 0.6) is 0 Å². The number of hydrogen-bond acceptors (Lipinski definition) is 3. The Labute approximate surface area is 114 Å². The Morgan fingerprint density at radius 2 is 2.28 bits per heavy atom. The zero-order chi connectivity index (χ0) is 12.5. The van der Waals surface area contributed by atoms with Gasteiger partial charge in [-0.2, -0.15) is 0 Å². The average molecular weight is 264 g/mol. The molecule has 3 rings (SSSR count). The molecule has 1 aliphatic heterocycles. The second-order valence-corrected chi connectivity index (χ2v) is 7.33. The quantitative estimate of drug-likeness (QED) is 0.899. The highest BCUT2D eigenvalue weighted by molar-refractivity contribution is 7.11. The van der Waals surface area contributed by atoms with Gasteiger partial charge in [-0.25, -0.2) is 0 Å². The molecular formula is C15H24N2S. The maximum atomic E-state index is 3.69. The predicted octanol–water partition coefficient (Wildman–Crippen LogP) is 2.67. The molecule has 1 N–H and O–H groups in total. The highest BCUT2D eigenvalue weighted by atomic mass is 32.1. The van der Waals surface area contributed by atoms with E-state index in [4.69, 9.17) is 0 Å². The Morgan fingerprint density at radius 3 is 2.94 bits per heavy atom. The first-order chi connectivity index (χ1) is 8.72. The third-order valence-corrected chi connectivity index (χ3v) is 5.37. The van der Waals surface area contributed by atoms with Crippen molar-refractivity contribution in [1.29, 1.82) is 0 Å². The van der Waals surface area contributed by atoms with Crippen LogP contribution in [-0.2, 0) is 6.42 Å². The first kappa shape index (κ1) is 12.6. The first-order valence-electron chi connectivity index (χ1n) is 7.25. The van der Waals surface area contributed by atoms with Gasteiger partial charge in [0.2, 0.25) is 0 Å². The van der Waals surface area contributed by atoms with Gasteiger partial charge in [0.05, 0.1) is 0 Å². The van der Waals surface area contributed by atoms with Gasteiger partial charge in [0.25, 0.3) is 0 Å². The fourth-order valence-electron chi connectivity index (χ4n) is 3.03. The zero-order valence-corrected chi connectivity index (χ0v) is 12.3. The molecule has 2 fully saturated rings. The average Bonchev–Trinajstić information content (AvgIpc) is 3.14. The van der Waals surface area contributed by atoms with Crippen molar-refractivity contribution in [3.8, 4) is 0 Å². The first-order valence-corrected chi connectivity index (χ1v) is 8.07. The van der Waals surface area contributed by atoms with Crippen LogP contribution in [0.4, 0.5) is 0 Å². The molecule has 18 heavy (non-hydrogen) atoms. The molecular weight excluding hydrogens is 240 g/mol. The van der Waals surface area contributed by atoms with E-state index in [9.17, 15) is 0 Å². The molecule has 0 radical (unpaired) electrons. The lowest BCUT2D eigenvalue weighted by atomic mass is 10.1. The van der Waals surface area contributed by atoms with Crippen LogP contribution in [0.15, 0.2) is 12.1 Å². The summed E-state index contributed by atoms with van der Waals surface area (Å²) in [6.45, 7) is 8.25. The number of hydrogen-bond donors (Lipinski definition) is 1. The van der Waals surface area contributed by atoms with Gasteiger partial charge >= 0.3 is 0 Å². The van der Waals surface area contributed by atoms with Crippen LogP contribution < -0.4 is 5.32 Å². The van der Waals surface area contributed by atoms with Crippen LogP contribution in [-0.4, -0.2) is 36.6 Å². The number of nitrogens with one attached hydrogen (secondary N) is 1. The summed E-state index contributed by atoms with van der Waals surface area (Å²) in [5.74, 6) is 0.976. The highest BCUT2D eigenvalue weighted by Gasteiger charge is 2.34. The Balaban J connectivity index is 1.56. The molecule has 1 aromatic rings.